The molecule has 5 nitrogen and oxygen atoms in total. The Morgan fingerprint density at radius 1 is 1.15 bits per heavy atom. The first-order valence-corrected chi connectivity index (χ1v) is 8.19. The Kier molecular flexibility index (Phi) is 5.58. The van der Waals surface area contributed by atoms with Gasteiger partial charge in [-0.15, -0.1) is 0 Å². The second-order valence-electron chi connectivity index (χ2n) is 5.51. The number of nitriles is 1. The first-order chi connectivity index (χ1) is 12.8. The van der Waals surface area contributed by atoms with E-state index in [1.807, 2.05) is 42.5 Å². The molecule has 0 aliphatic rings. The number of benzene rings is 2. The second kappa shape index (κ2) is 8.45. The lowest BCUT2D eigenvalue weighted by atomic mass is 10.0. The number of nitrogens with one attached hydrogen (secondary N) is 1. The minimum absolute atomic E-state index is 0.181. The Morgan fingerprint density at radius 3 is 2.88 bits per heavy atom. The molecule has 1 heterocycles. The molecule has 5 heteroatoms. The molecule has 0 amide bonds. The quantitative estimate of drug-likeness (QED) is 0.419. The number of ether oxygens (including phenoxy) is 1. The molecule has 1 N–H and O–H groups in total. The van der Waals surface area contributed by atoms with E-state index in [4.69, 9.17) is 10.00 Å². The number of nitrogens with zero attached hydrogens (tertiary/aromatic N) is 2. The average molecular weight is 343 g/mol. The van der Waals surface area contributed by atoms with Crippen molar-refractivity contribution >= 4 is 28.6 Å². The lowest BCUT2D eigenvalue weighted by molar-refractivity contribution is -0.137. The maximum absolute atomic E-state index is 11.9. The van der Waals surface area contributed by atoms with E-state index in [0.29, 0.717) is 17.9 Å². The summed E-state index contributed by atoms with van der Waals surface area (Å²) in [6.45, 7) is 0.555. The van der Waals surface area contributed by atoms with Crippen molar-refractivity contribution in [3.63, 3.8) is 0 Å². The summed E-state index contributed by atoms with van der Waals surface area (Å²) >= 11 is 0. The molecule has 0 saturated heterocycles. The molecule has 0 atom stereocenters. The van der Waals surface area contributed by atoms with E-state index < -0.39 is 5.97 Å². The van der Waals surface area contributed by atoms with Crippen molar-refractivity contribution in [2.45, 2.75) is 0 Å². The van der Waals surface area contributed by atoms with Gasteiger partial charge in [0.05, 0.1) is 12.1 Å². The maximum Gasteiger partial charge on any atom is 0.330 e. The number of aromatic nitrogens is 1. The van der Waals surface area contributed by atoms with Crippen LogP contribution in [0.15, 0.2) is 66.9 Å². The van der Waals surface area contributed by atoms with Crippen LogP contribution in [0.2, 0.25) is 0 Å². The molecule has 0 fully saturated rings. The lowest BCUT2D eigenvalue weighted by Gasteiger charge is -2.06. The van der Waals surface area contributed by atoms with Gasteiger partial charge in [0.1, 0.15) is 18.5 Å². The van der Waals surface area contributed by atoms with Crippen LogP contribution in [0, 0.1) is 11.3 Å². The molecule has 0 aliphatic carbocycles. The fourth-order valence-electron chi connectivity index (χ4n) is 2.56. The number of fused-ring (bicyclic) bond motifs is 1. The molecule has 0 unspecified atom stereocenters. The molecule has 0 saturated carbocycles. The molecule has 1 aromatic heterocycles. The molecule has 26 heavy (non-hydrogen) atoms. The van der Waals surface area contributed by atoms with Crippen LogP contribution in [0.25, 0.3) is 16.8 Å². The number of carbonyl (C=O) groups is 1. The van der Waals surface area contributed by atoms with Gasteiger partial charge in [-0.2, -0.15) is 5.26 Å². The minimum atomic E-state index is -0.415. The van der Waals surface area contributed by atoms with E-state index in [2.05, 4.69) is 16.4 Å². The van der Waals surface area contributed by atoms with Crippen LogP contribution in [0.3, 0.4) is 0 Å². The van der Waals surface area contributed by atoms with Crippen LogP contribution in [0.1, 0.15) is 11.1 Å². The molecule has 0 radical (unpaired) electrons. The fraction of sp³-hybridized carbons (Fsp3) is 0.0952. The zero-order valence-corrected chi connectivity index (χ0v) is 14.1. The van der Waals surface area contributed by atoms with E-state index in [0.717, 1.165) is 16.3 Å². The number of hydrogen-bond acceptors (Lipinski definition) is 5. The van der Waals surface area contributed by atoms with Crippen LogP contribution in [-0.2, 0) is 9.53 Å². The Bertz CT molecular complexity index is 984. The van der Waals surface area contributed by atoms with E-state index in [1.54, 1.807) is 24.4 Å². The molecule has 0 bridgehead atoms. The highest BCUT2D eigenvalue weighted by Crippen LogP contribution is 2.19. The van der Waals surface area contributed by atoms with E-state index in [9.17, 15) is 4.79 Å². The Morgan fingerprint density at radius 2 is 2.00 bits per heavy atom. The summed E-state index contributed by atoms with van der Waals surface area (Å²) in [7, 11) is 0. The molecule has 3 rings (SSSR count). The third-order valence-electron chi connectivity index (χ3n) is 3.79. The van der Waals surface area contributed by atoms with E-state index in [1.165, 1.54) is 6.08 Å². The highest BCUT2D eigenvalue weighted by atomic mass is 16.5. The van der Waals surface area contributed by atoms with Crippen LogP contribution in [-0.4, -0.2) is 24.1 Å². The van der Waals surface area contributed by atoms with Crippen LogP contribution >= 0.6 is 0 Å². The summed E-state index contributed by atoms with van der Waals surface area (Å²) < 4.78 is 5.17. The number of carbonyl (C=O) groups excluding carboxylic acids is 1. The van der Waals surface area contributed by atoms with Gasteiger partial charge in [0.25, 0.3) is 0 Å². The molecule has 2 aromatic carbocycles. The SMILES string of the molecule is N#Cc1cccnc1NCCOC(=O)/C=C/c1cccc2ccccc12. The maximum atomic E-state index is 11.9. The van der Waals surface area contributed by atoms with Crippen molar-refractivity contribution in [2.75, 3.05) is 18.5 Å². The molecule has 0 spiro atoms. The minimum Gasteiger partial charge on any atom is -0.461 e. The van der Waals surface area contributed by atoms with Crippen molar-refractivity contribution < 1.29 is 9.53 Å². The largest absolute Gasteiger partial charge is 0.461 e. The summed E-state index contributed by atoms with van der Waals surface area (Å²) in [4.78, 5) is 16.0. The predicted molar refractivity (Wildman–Crippen MR) is 101 cm³/mol. The van der Waals surface area contributed by atoms with Crippen LogP contribution < -0.4 is 5.32 Å². The molecule has 3 aromatic rings. The van der Waals surface area contributed by atoms with E-state index >= 15 is 0 Å². The number of pyridine rings is 1. The zero-order chi connectivity index (χ0) is 18.2. The summed E-state index contributed by atoms with van der Waals surface area (Å²) in [5.74, 6) is 0.0682. The highest BCUT2D eigenvalue weighted by molar-refractivity contribution is 5.94. The Labute approximate surface area is 151 Å². The first-order valence-electron chi connectivity index (χ1n) is 8.19. The van der Waals surface area contributed by atoms with Crippen molar-refractivity contribution in [1.82, 2.24) is 4.98 Å². The zero-order valence-electron chi connectivity index (χ0n) is 14.1. The van der Waals surface area contributed by atoms with Gasteiger partial charge < -0.3 is 10.1 Å². The number of rotatable bonds is 6. The lowest BCUT2D eigenvalue weighted by Crippen LogP contribution is -2.13. The summed E-state index contributed by atoms with van der Waals surface area (Å²) in [5, 5.41) is 14.2. The highest BCUT2D eigenvalue weighted by Gasteiger charge is 2.03. The predicted octanol–water partition coefficient (Wildman–Crippen LogP) is 3.77. The molecular weight excluding hydrogens is 326 g/mol. The van der Waals surface area contributed by atoms with Gasteiger partial charge in [-0.3, -0.25) is 0 Å². The van der Waals surface area contributed by atoms with Gasteiger partial charge in [-0.25, -0.2) is 9.78 Å². The topological polar surface area (TPSA) is 75.0 Å². The van der Waals surface area contributed by atoms with Crippen molar-refractivity contribution in [3.05, 3.63) is 78.0 Å². The molecular formula is C21H17N3O2. The number of esters is 1. The second-order valence-corrected chi connectivity index (χ2v) is 5.51. The molecule has 0 aliphatic heterocycles. The van der Waals surface area contributed by atoms with Gasteiger partial charge in [0.2, 0.25) is 0 Å². The van der Waals surface area contributed by atoms with Gasteiger partial charge in [0.15, 0.2) is 0 Å². The first kappa shape index (κ1) is 17.2. The normalized spacial score (nSPS) is 10.6. The third-order valence-corrected chi connectivity index (χ3v) is 3.79. The van der Waals surface area contributed by atoms with Gasteiger partial charge in [0, 0.05) is 12.3 Å². The van der Waals surface area contributed by atoms with E-state index in [-0.39, 0.29) is 6.61 Å². The number of anilines is 1. The van der Waals surface area contributed by atoms with Crippen molar-refractivity contribution in [3.8, 4) is 6.07 Å². The van der Waals surface area contributed by atoms with Crippen LogP contribution in [0.4, 0.5) is 5.82 Å². The third kappa shape index (κ3) is 4.25. The Hall–Kier alpha value is -3.65. The standard InChI is InChI=1S/C21H17N3O2/c22-15-18-8-4-12-23-21(18)24-13-14-26-20(25)11-10-17-7-3-6-16-5-1-2-9-19(16)17/h1-12H,13-14H2,(H,23,24)/b11-10+. The van der Waals surface area contributed by atoms with Gasteiger partial charge >= 0.3 is 5.97 Å². The Balaban J connectivity index is 1.53. The fourth-order valence-corrected chi connectivity index (χ4v) is 2.56. The number of hydrogen-bond donors (Lipinski definition) is 1. The van der Waals surface area contributed by atoms with Gasteiger partial charge in [-0.05, 0) is 34.5 Å². The summed E-state index contributed by atoms with van der Waals surface area (Å²) in [6, 6.07) is 19.4. The van der Waals surface area contributed by atoms with Gasteiger partial charge in [-0.1, -0.05) is 42.5 Å². The summed E-state index contributed by atoms with van der Waals surface area (Å²) in [6.07, 6.45) is 4.77. The summed E-state index contributed by atoms with van der Waals surface area (Å²) in [5.41, 5.74) is 1.42. The monoisotopic (exact) mass is 343 g/mol. The average Bonchev–Trinajstić information content (AvgIpc) is 2.70. The van der Waals surface area contributed by atoms with Crippen LogP contribution in [0.5, 0.6) is 0 Å². The molecule has 128 valence electrons. The van der Waals surface area contributed by atoms with Crippen molar-refractivity contribution in [2.24, 2.45) is 0 Å². The smallest absolute Gasteiger partial charge is 0.330 e. The van der Waals surface area contributed by atoms with Crippen molar-refractivity contribution in [1.29, 1.82) is 5.26 Å².